The minimum Gasteiger partial charge on any atom is -0.383 e. The molecule has 1 rings (SSSR count). The molecule has 0 unspecified atom stereocenters. The van der Waals surface area contributed by atoms with E-state index in [1.165, 1.54) is 0 Å². The predicted octanol–water partition coefficient (Wildman–Crippen LogP) is 1.78. The number of amides is 1. The number of rotatable bonds is 6. The summed E-state index contributed by atoms with van der Waals surface area (Å²) in [7, 11) is 1.67. The molecule has 1 aliphatic rings. The molecule has 4 heteroatoms. The molecular weight excluding hydrogens is 228 g/mol. The summed E-state index contributed by atoms with van der Waals surface area (Å²) in [6, 6.07) is 0.601. The van der Waals surface area contributed by atoms with E-state index < -0.39 is 0 Å². The number of ether oxygens (including phenoxy) is 1. The van der Waals surface area contributed by atoms with E-state index in [9.17, 15) is 4.79 Å². The lowest BCUT2D eigenvalue weighted by Crippen LogP contribution is -2.40. The molecule has 1 fully saturated rings. The number of nitrogens with two attached hydrogens (primary N) is 1. The van der Waals surface area contributed by atoms with E-state index in [4.69, 9.17) is 10.5 Å². The minimum atomic E-state index is 0.249. The number of methoxy groups -OCH3 is 1. The van der Waals surface area contributed by atoms with Gasteiger partial charge in [0.05, 0.1) is 6.61 Å². The Bertz CT molecular complexity index is 248. The van der Waals surface area contributed by atoms with E-state index in [0.717, 1.165) is 25.7 Å². The van der Waals surface area contributed by atoms with Gasteiger partial charge >= 0.3 is 0 Å². The molecular formula is C14H28N2O2. The van der Waals surface area contributed by atoms with Crippen LogP contribution in [0.25, 0.3) is 0 Å². The monoisotopic (exact) mass is 256 g/mol. The number of nitrogens with zero attached hydrogens (tertiary/aromatic N) is 1. The Balaban J connectivity index is 2.40. The first kappa shape index (κ1) is 15.4. The van der Waals surface area contributed by atoms with Crippen molar-refractivity contribution in [3.8, 4) is 0 Å². The Morgan fingerprint density at radius 3 is 2.44 bits per heavy atom. The second-order valence-electron chi connectivity index (χ2n) is 5.66. The van der Waals surface area contributed by atoms with E-state index in [0.29, 0.717) is 31.5 Å². The maximum absolute atomic E-state index is 12.3. The van der Waals surface area contributed by atoms with Crippen LogP contribution in [-0.2, 0) is 9.53 Å². The van der Waals surface area contributed by atoms with Crippen molar-refractivity contribution in [3.63, 3.8) is 0 Å². The zero-order valence-corrected chi connectivity index (χ0v) is 12.0. The highest BCUT2D eigenvalue weighted by Crippen LogP contribution is 2.26. The largest absolute Gasteiger partial charge is 0.383 e. The Kier molecular flexibility index (Phi) is 6.65. The lowest BCUT2D eigenvalue weighted by Gasteiger charge is -2.30. The van der Waals surface area contributed by atoms with Crippen molar-refractivity contribution in [3.05, 3.63) is 0 Å². The average molecular weight is 256 g/mol. The SMILES string of the molecule is COCCN(C(=O)CC1CCC(N)CC1)C(C)C. The van der Waals surface area contributed by atoms with Crippen LogP contribution in [0, 0.1) is 5.92 Å². The molecule has 106 valence electrons. The molecule has 0 aromatic heterocycles. The molecule has 4 nitrogen and oxygen atoms in total. The van der Waals surface area contributed by atoms with Gasteiger partial charge in [0, 0.05) is 32.2 Å². The normalized spacial score (nSPS) is 24.3. The Hall–Kier alpha value is -0.610. The highest BCUT2D eigenvalue weighted by atomic mass is 16.5. The third kappa shape index (κ3) is 4.94. The van der Waals surface area contributed by atoms with Gasteiger partial charge < -0.3 is 15.4 Å². The number of hydrogen-bond donors (Lipinski definition) is 1. The molecule has 0 aromatic carbocycles. The van der Waals surface area contributed by atoms with Crippen molar-refractivity contribution in [1.29, 1.82) is 0 Å². The third-order valence-electron chi connectivity index (χ3n) is 3.83. The van der Waals surface area contributed by atoms with E-state index in [1.807, 2.05) is 4.90 Å². The summed E-state index contributed by atoms with van der Waals surface area (Å²) in [6.45, 7) is 5.42. The van der Waals surface area contributed by atoms with Gasteiger partial charge in [0.1, 0.15) is 0 Å². The Morgan fingerprint density at radius 2 is 1.94 bits per heavy atom. The Labute approximate surface area is 111 Å². The standard InChI is InChI=1S/C14H28N2O2/c1-11(2)16(8-9-18-3)14(17)10-12-4-6-13(15)7-5-12/h11-13H,4-10,15H2,1-3H3. The molecule has 18 heavy (non-hydrogen) atoms. The summed E-state index contributed by atoms with van der Waals surface area (Å²) < 4.78 is 5.07. The van der Waals surface area contributed by atoms with Crippen LogP contribution in [0.2, 0.25) is 0 Å². The first-order valence-electron chi connectivity index (χ1n) is 7.08. The second kappa shape index (κ2) is 7.74. The van der Waals surface area contributed by atoms with Crippen LogP contribution < -0.4 is 5.73 Å². The summed E-state index contributed by atoms with van der Waals surface area (Å²) in [6.07, 6.45) is 5.01. The van der Waals surface area contributed by atoms with Crippen LogP contribution in [0.5, 0.6) is 0 Å². The smallest absolute Gasteiger partial charge is 0.223 e. The van der Waals surface area contributed by atoms with Crippen LogP contribution in [0.15, 0.2) is 0 Å². The van der Waals surface area contributed by atoms with Gasteiger partial charge in [0.2, 0.25) is 5.91 Å². The molecule has 0 atom stereocenters. The fourth-order valence-electron chi connectivity index (χ4n) is 2.62. The summed E-state index contributed by atoms with van der Waals surface area (Å²) in [4.78, 5) is 14.2. The van der Waals surface area contributed by atoms with Gasteiger partial charge in [-0.15, -0.1) is 0 Å². The predicted molar refractivity (Wildman–Crippen MR) is 73.3 cm³/mol. The van der Waals surface area contributed by atoms with Crippen molar-refractivity contribution in [2.24, 2.45) is 11.7 Å². The highest BCUT2D eigenvalue weighted by molar-refractivity contribution is 5.76. The van der Waals surface area contributed by atoms with Crippen molar-refractivity contribution in [2.45, 2.75) is 58.0 Å². The van der Waals surface area contributed by atoms with Gasteiger partial charge in [-0.3, -0.25) is 4.79 Å². The quantitative estimate of drug-likeness (QED) is 0.788. The van der Waals surface area contributed by atoms with Crippen molar-refractivity contribution >= 4 is 5.91 Å². The molecule has 2 N–H and O–H groups in total. The van der Waals surface area contributed by atoms with Gasteiger partial charge in [0.25, 0.3) is 0 Å². The van der Waals surface area contributed by atoms with Gasteiger partial charge in [-0.05, 0) is 45.4 Å². The van der Waals surface area contributed by atoms with Gasteiger partial charge in [-0.1, -0.05) is 0 Å². The van der Waals surface area contributed by atoms with Gasteiger partial charge in [0.15, 0.2) is 0 Å². The molecule has 0 spiro atoms. The molecule has 0 radical (unpaired) electrons. The minimum absolute atomic E-state index is 0.249. The highest BCUT2D eigenvalue weighted by Gasteiger charge is 2.24. The molecule has 0 aromatic rings. The maximum Gasteiger partial charge on any atom is 0.223 e. The fourth-order valence-corrected chi connectivity index (χ4v) is 2.62. The summed E-state index contributed by atoms with van der Waals surface area (Å²) in [5, 5.41) is 0. The molecule has 1 aliphatic carbocycles. The summed E-state index contributed by atoms with van der Waals surface area (Å²) >= 11 is 0. The molecule has 1 saturated carbocycles. The van der Waals surface area contributed by atoms with Crippen LogP contribution in [0.1, 0.15) is 46.0 Å². The fraction of sp³-hybridized carbons (Fsp3) is 0.929. The number of carbonyl (C=O) groups excluding carboxylic acids is 1. The average Bonchev–Trinajstić information content (AvgIpc) is 2.32. The van der Waals surface area contributed by atoms with Gasteiger partial charge in [-0.2, -0.15) is 0 Å². The molecule has 0 bridgehead atoms. The molecule has 0 aliphatic heterocycles. The van der Waals surface area contributed by atoms with Crippen LogP contribution in [0.3, 0.4) is 0 Å². The number of carbonyl (C=O) groups is 1. The summed E-state index contributed by atoms with van der Waals surface area (Å²) in [5.74, 6) is 0.795. The summed E-state index contributed by atoms with van der Waals surface area (Å²) in [5.41, 5.74) is 5.89. The van der Waals surface area contributed by atoms with Crippen molar-refractivity contribution in [1.82, 2.24) is 4.90 Å². The van der Waals surface area contributed by atoms with E-state index in [-0.39, 0.29) is 11.9 Å². The lowest BCUT2D eigenvalue weighted by molar-refractivity contribution is -0.134. The first-order chi connectivity index (χ1) is 8.54. The van der Waals surface area contributed by atoms with Crippen molar-refractivity contribution < 1.29 is 9.53 Å². The third-order valence-corrected chi connectivity index (χ3v) is 3.83. The van der Waals surface area contributed by atoms with E-state index in [1.54, 1.807) is 7.11 Å². The second-order valence-corrected chi connectivity index (χ2v) is 5.66. The molecule has 0 heterocycles. The zero-order valence-electron chi connectivity index (χ0n) is 12.0. The van der Waals surface area contributed by atoms with Gasteiger partial charge in [-0.25, -0.2) is 0 Å². The topological polar surface area (TPSA) is 55.6 Å². The number of hydrogen-bond acceptors (Lipinski definition) is 3. The zero-order chi connectivity index (χ0) is 13.5. The van der Waals surface area contributed by atoms with Crippen LogP contribution >= 0.6 is 0 Å². The molecule has 0 saturated heterocycles. The van der Waals surface area contributed by atoms with Crippen LogP contribution in [0.4, 0.5) is 0 Å². The van der Waals surface area contributed by atoms with Crippen molar-refractivity contribution in [2.75, 3.05) is 20.3 Å². The first-order valence-corrected chi connectivity index (χ1v) is 7.08. The molecule has 1 amide bonds. The maximum atomic E-state index is 12.3. The lowest BCUT2D eigenvalue weighted by atomic mass is 9.84. The Morgan fingerprint density at radius 1 is 1.33 bits per heavy atom. The van der Waals surface area contributed by atoms with Crippen LogP contribution in [-0.4, -0.2) is 43.2 Å². The van der Waals surface area contributed by atoms with E-state index in [2.05, 4.69) is 13.8 Å². The van der Waals surface area contributed by atoms with E-state index >= 15 is 0 Å².